The summed E-state index contributed by atoms with van der Waals surface area (Å²) in [5.41, 5.74) is 0. The average Bonchev–Trinajstić information content (AvgIpc) is 2.56. The smallest absolute Gasteiger partial charge is 0 e. The first kappa shape index (κ1) is 19.6. The minimum absolute atomic E-state index is 0. The third-order valence-corrected chi connectivity index (χ3v) is 6.48. The van der Waals surface area contributed by atoms with Crippen molar-refractivity contribution in [2.45, 2.75) is 45.4 Å². The molecule has 0 radical (unpaired) electrons. The minimum Gasteiger partial charge on any atom is -0.0654 e. The standard InChI is InChI=1S/C20H27P.Mo/c1-2-3-4-5-6-13-18-21(19-14-9-7-10-15-19)20-16-11-8-12-17-20;/h7-12,14-17H,2-6,13,18H2,1H3;. The van der Waals surface area contributed by atoms with Gasteiger partial charge in [-0.25, -0.2) is 0 Å². The Morgan fingerprint density at radius 2 is 1.09 bits per heavy atom. The first-order valence-corrected chi connectivity index (χ1v) is 9.82. The van der Waals surface area contributed by atoms with Crippen LogP contribution in [-0.2, 0) is 21.1 Å². The van der Waals surface area contributed by atoms with Gasteiger partial charge < -0.3 is 0 Å². The van der Waals surface area contributed by atoms with Crippen LogP contribution in [0.3, 0.4) is 0 Å². The molecule has 0 unspecified atom stereocenters. The molecule has 22 heavy (non-hydrogen) atoms. The zero-order valence-electron chi connectivity index (χ0n) is 13.6. The second-order valence-corrected chi connectivity index (χ2v) is 7.93. The van der Waals surface area contributed by atoms with Gasteiger partial charge in [0.15, 0.2) is 0 Å². The van der Waals surface area contributed by atoms with Crippen LogP contribution >= 0.6 is 7.92 Å². The quantitative estimate of drug-likeness (QED) is 0.300. The Morgan fingerprint density at radius 3 is 1.59 bits per heavy atom. The van der Waals surface area contributed by atoms with Crippen molar-refractivity contribution in [3.63, 3.8) is 0 Å². The van der Waals surface area contributed by atoms with Crippen LogP contribution in [0.5, 0.6) is 0 Å². The first-order chi connectivity index (χ1) is 10.4. The summed E-state index contributed by atoms with van der Waals surface area (Å²) in [5, 5.41) is 3.04. The van der Waals surface area contributed by atoms with Gasteiger partial charge in [-0.15, -0.1) is 0 Å². The summed E-state index contributed by atoms with van der Waals surface area (Å²) >= 11 is 0. The molecular weight excluding hydrogens is 367 g/mol. The fourth-order valence-electron chi connectivity index (χ4n) is 2.67. The van der Waals surface area contributed by atoms with E-state index in [2.05, 4.69) is 67.6 Å². The largest absolute Gasteiger partial charge is 0.0654 e. The van der Waals surface area contributed by atoms with E-state index < -0.39 is 0 Å². The van der Waals surface area contributed by atoms with Crippen LogP contribution in [0.25, 0.3) is 0 Å². The van der Waals surface area contributed by atoms with E-state index in [1.54, 1.807) is 0 Å². The van der Waals surface area contributed by atoms with Gasteiger partial charge in [-0.1, -0.05) is 99.7 Å². The molecule has 0 amide bonds. The molecule has 0 bridgehead atoms. The van der Waals surface area contributed by atoms with Crippen LogP contribution in [0.1, 0.15) is 45.4 Å². The van der Waals surface area contributed by atoms with Gasteiger partial charge in [0.25, 0.3) is 0 Å². The molecule has 0 aromatic heterocycles. The summed E-state index contributed by atoms with van der Waals surface area (Å²) in [7, 11) is -0.175. The summed E-state index contributed by atoms with van der Waals surface area (Å²) in [6.07, 6.45) is 9.62. The van der Waals surface area contributed by atoms with Crippen molar-refractivity contribution < 1.29 is 21.1 Å². The molecule has 0 aliphatic carbocycles. The third kappa shape index (κ3) is 6.76. The molecule has 0 fully saturated rings. The molecule has 2 aromatic carbocycles. The predicted octanol–water partition coefficient (Wildman–Crippen LogP) is 5.48. The predicted molar refractivity (Wildman–Crippen MR) is 97.3 cm³/mol. The first-order valence-electron chi connectivity index (χ1n) is 8.29. The van der Waals surface area contributed by atoms with E-state index in [9.17, 15) is 0 Å². The summed E-state index contributed by atoms with van der Waals surface area (Å²) in [6, 6.07) is 22.1. The molecule has 0 saturated carbocycles. The van der Waals surface area contributed by atoms with Gasteiger partial charge in [0.1, 0.15) is 0 Å². The van der Waals surface area contributed by atoms with Gasteiger partial charge >= 0.3 is 0 Å². The average molecular weight is 394 g/mol. The molecular formula is C20H27MoP. The van der Waals surface area contributed by atoms with Crippen LogP contribution in [0.2, 0.25) is 0 Å². The normalized spacial score (nSPS) is 10.5. The number of benzene rings is 2. The Kier molecular flexibility index (Phi) is 10.7. The Morgan fingerprint density at radius 1 is 0.636 bits per heavy atom. The fraction of sp³-hybridized carbons (Fsp3) is 0.400. The molecule has 0 aliphatic rings. The number of rotatable bonds is 9. The zero-order chi connectivity index (χ0) is 14.8. The summed E-state index contributed by atoms with van der Waals surface area (Å²) in [6.45, 7) is 2.28. The molecule has 2 heteroatoms. The fourth-order valence-corrected chi connectivity index (χ4v) is 5.09. The van der Waals surface area contributed by atoms with Crippen molar-refractivity contribution in [1.82, 2.24) is 0 Å². The topological polar surface area (TPSA) is 0 Å². The van der Waals surface area contributed by atoms with Crippen LogP contribution in [0.15, 0.2) is 60.7 Å². The molecule has 2 rings (SSSR count). The molecule has 2 aromatic rings. The monoisotopic (exact) mass is 396 g/mol. The second-order valence-electron chi connectivity index (χ2n) is 5.59. The van der Waals surface area contributed by atoms with E-state index in [0.29, 0.717) is 0 Å². The summed E-state index contributed by atoms with van der Waals surface area (Å²) in [4.78, 5) is 0. The Balaban J connectivity index is 0.00000242. The SMILES string of the molecule is CCCCCCCCP(c1ccccc1)c1ccccc1.[Mo]. The van der Waals surface area contributed by atoms with Crippen molar-refractivity contribution in [1.29, 1.82) is 0 Å². The van der Waals surface area contributed by atoms with Crippen LogP contribution < -0.4 is 10.6 Å². The maximum Gasteiger partial charge on any atom is 0 e. The van der Waals surface area contributed by atoms with Crippen molar-refractivity contribution in [3.05, 3.63) is 60.7 Å². The van der Waals surface area contributed by atoms with Crippen LogP contribution in [-0.4, -0.2) is 6.16 Å². The van der Waals surface area contributed by atoms with Crippen molar-refractivity contribution in [2.75, 3.05) is 6.16 Å². The molecule has 0 spiro atoms. The molecule has 0 aliphatic heterocycles. The van der Waals surface area contributed by atoms with Crippen molar-refractivity contribution in [2.24, 2.45) is 0 Å². The number of unbranched alkanes of at least 4 members (excludes halogenated alkanes) is 5. The van der Waals surface area contributed by atoms with Gasteiger partial charge in [0.05, 0.1) is 0 Å². The molecule has 0 heterocycles. The van der Waals surface area contributed by atoms with Crippen LogP contribution in [0, 0.1) is 0 Å². The van der Waals surface area contributed by atoms with E-state index >= 15 is 0 Å². The molecule has 0 atom stereocenters. The van der Waals surface area contributed by atoms with Gasteiger partial charge in [0, 0.05) is 21.1 Å². The van der Waals surface area contributed by atoms with E-state index in [-0.39, 0.29) is 29.0 Å². The maximum absolute atomic E-state index is 2.30. The van der Waals surface area contributed by atoms with Crippen molar-refractivity contribution >= 4 is 18.5 Å². The maximum atomic E-state index is 2.30. The third-order valence-electron chi connectivity index (χ3n) is 3.87. The van der Waals surface area contributed by atoms with Gasteiger partial charge in [-0.3, -0.25) is 0 Å². The van der Waals surface area contributed by atoms with E-state index in [4.69, 9.17) is 0 Å². The zero-order valence-corrected chi connectivity index (χ0v) is 16.5. The van der Waals surface area contributed by atoms with Crippen LogP contribution in [0.4, 0.5) is 0 Å². The van der Waals surface area contributed by atoms with E-state index in [1.165, 1.54) is 55.3 Å². The Hall–Kier alpha value is -0.442. The van der Waals surface area contributed by atoms with E-state index in [0.717, 1.165) is 0 Å². The van der Waals surface area contributed by atoms with Gasteiger partial charge in [-0.05, 0) is 31.1 Å². The molecule has 0 N–H and O–H groups in total. The minimum atomic E-state index is -0.175. The summed E-state index contributed by atoms with van der Waals surface area (Å²) < 4.78 is 0. The van der Waals surface area contributed by atoms with Crippen molar-refractivity contribution in [3.8, 4) is 0 Å². The Labute approximate surface area is 151 Å². The Bertz CT molecular complexity index is 444. The van der Waals surface area contributed by atoms with Gasteiger partial charge in [0.2, 0.25) is 0 Å². The molecule has 0 nitrogen and oxygen atoms in total. The van der Waals surface area contributed by atoms with E-state index in [1.807, 2.05) is 0 Å². The summed E-state index contributed by atoms with van der Waals surface area (Å²) in [5.74, 6) is 0. The van der Waals surface area contributed by atoms with Gasteiger partial charge in [-0.2, -0.15) is 0 Å². The molecule has 0 saturated heterocycles. The second kappa shape index (κ2) is 12.0. The molecule has 118 valence electrons. The number of hydrogen-bond donors (Lipinski definition) is 0. The number of hydrogen-bond acceptors (Lipinski definition) is 0.